The molecule has 1 aliphatic rings. The molecular formula is C15H29IN6O. The van der Waals surface area contributed by atoms with Gasteiger partial charge in [-0.05, 0) is 6.42 Å². The highest BCUT2D eigenvalue weighted by Crippen LogP contribution is 2.14. The van der Waals surface area contributed by atoms with E-state index in [4.69, 9.17) is 4.74 Å². The fraction of sp³-hybridized carbons (Fsp3) is 0.733. The first kappa shape index (κ1) is 20.0. The molecule has 0 aliphatic carbocycles. The molecule has 1 saturated heterocycles. The van der Waals surface area contributed by atoms with E-state index in [2.05, 4.69) is 31.8 Å². The number of ether oxygens (including phenoxy) is 1. The second-order valence-electron chi connectivity index (χ2n) is 6.01. The summed E-state index contributed by atoms with van der Waals surface area (Å²) in [6, 6.07) is 0. The van der Waals surface area contributed by atoms with Gasteiger partial charge in [-0.25, -0.2) is 4.98 Å². The van der Waals surface area contributed by atoms with Gasteiger partial charge >= 0.3 is 0 Å². The summed E-state index contributed by atoms with van der Waals surface area (Å²) in [6.07, 6.45) is 3.04. The Balaban J connectivity index is 0.00000264. The summed E-state index contributed by atoms with van der Waals surface area (Å²) in [5.74, 6) is 2.45. The first-order chi connectivity index (χ1) is 10.5. The molecule has 0 radical (unpaired) electrons. The summed E-state index contributed by atoms with van der Waals surface area (Å²) in [5, 5.41) is 3.41. The predicted octanol–water partition coefficient (Wildman–Crippen LogP) is 1.15. The van der Waals surface area contributed by atoms with Crippen molar-refractivity contribution in [3.63, 3.8) is 0 Å². The van der Waals surface area contributed by atoms with Gasteiger partial charge in [0.25, 0.3) is 0 Å². The van der Waals surface area contributed by atoms with E-state index in [-0.39, 0.29) is 24.0 Å². The third-order valence-electron chi connectivity index (χ3n) is 4.02. The van der Waals surface area contributed by atoms with Gasteiger partial charge in [-0.15, -0.1) is 24.0 Å². The fourth-order valence-electron chi connectivity index (χ4n) is 2.77. The zero-order valence-corrected chi connectivity index (χ0v) is 17.1. The minimum absolute atomic E-state index is 0. The lowest BCUT2D eigenvalue weighted by molar-refractivity contribution is 0.181. The van der Waals surface area contributed by atoms with Crippen LogP contribution in [0.5, 0.6) is 0 Å². The Morgan fingerprint density at radius 3 is 2.74 bits per heavy atom. The van der Waals surface area contributed by atoms with Crippen LogP contribution in [0.25, 0.3) is 0 Å². The van der Waals surface area contributed by atoms with Crippen LogP contribution in [0.3, 0.4) is 0 Å². The number of anilines is 1. The van der Waals surface area contributed by atoms with Crippen LogP contribution in [0.15, 0.2) is 11.2 Å². The number of nitrogens with one attached hydrogen (secondary N) is 1. The maximum atomic E-state index is 5.44. The molecule has 0 spiro atoms. The van der Waals surface area contributed by atoms with Gasteiger partial charge in [0.1, 0.15) is 0 Å². The maximum absolute atomic E-state index is 5.44. The first-order valence-electron chi connectivity index (χ1n) is 7.70. The average Bonchev–Trinajstić information content (AvgIpc) is 3.10. The second kappa shape index (κ2) is 9.31. The van der Waals surface area contributed by atoms with Crippen LogP contribution in [0.2, 0.25) is 0 Å². The molecule has 1 atom stereocenters. The second-order valence-corrected chi connectivity index (χ2v) is 6.01. The number of aliphatic imine (C=N–C) groups is 1. The largest absolute Gasteiger partial charge is 0.381 e. The molecule has 0 saturated carbocycles. The van der Waals surface area contributed by atoms with E-state index < -0.39 is 0 Å². The Bertz CT molecular complexity index is 510. The van der Waals surface area contributed by atoms with E-state index in [0.29, 0.717) is 12.5 Å². The molecule has 1 aliphatic heterocycles. The molecule has 1 fully saturated rings. The minimum atomic E-state index is 0. The van der Waals surface area contributed by atoms with Crippen molar-refractivity contribution in [3.8, 4) is 0 Å². The summed E-state index contributed by atoms with van der Waals surface area (Å²) >= 11 is 0. The molecule has 0 bridgehead atoms. The van der Waals surface area contributed by atoms with Crippen LogP contribution in [0.4, 0.5) is 5.95 Å². The molecule has 0 aromatic carbocycles. The van der Waals surface area contributed by atoms with Crippen LogP contribution in [-0.2, 0) is 18.3 Å². The number of hydrogen-bond acceptors (Lipinski definition) is 4. The highest BCUT2D eigenvalue weighted by atomic mass is 127. The lowest BCUT2D eigenvalue weighted by Crippen LogP contribution is -2.41. The van der Waals surface area contributed by atoms with Crippen molar-refractivity contribution in [3.05, 3.63) is 11.9 Å². The van der Waals surface area contributed by atoms with Gasteiger partial charge in [-0.1, -0.05) is 0 Å². The first-order valence-corrected chi connectivity index (χ1v) is 7.70. The molecule has 2 rings (SSSR count). The number of halogens is 1. The molecule has 1 aromatic heterocycles. The minimum Gasteiger partial charge on any atom is -0.381 e. The number of hydrogen-bond donors (Lipinski definition) is 1. The summed E-state index contributed by atoms with van der Waals surface area (Å²) in [6.45, 7) is 3.41. The molecule has 8 heteroatoms. The van der Waals surface area contributed by atoms with Gasteiger partial charge in [0.05, 0.1) is 25.0 Å². The van der Waals surface area contributed by atoms with Crippen LogP contribution in [0, 0.1) is 5.92 Å². The van der Waals surface area contributed by atoms with Crippen LogP contribution < -0.4 is 10.2 Å². The van der Waals surface area contributed by atoms with Gasteiger partial charge in [-0.3, -0.25) is 4.99 Å². The zero-order valence-electron chi connectivity index (χ0n) is 14.7. The Hall–Kier alpha value is -1.03. The van der Waals surface area contributed by atoms with Crippen molar-refractivity contribution in [1.82, 2.24) is 19.8 Å². The van der Waals surface area contributed by atoms with Gasteiger partial charge < -0.3 is 24.4 Å². The third kappa shape index (κ3) is 5.23. The number of guanidine groups is 1. The molecule has 1 aromatic rings. The highest BCUT2D eigenvalue weighted by molar-refractivity contribution is 14.0. The Kier molecular flexibility index (Phi) is 8.10. The van der Waals surface area contributed by atoms with Crippen molar-refractivity contribution in [2.75, 3.05) is 52.8 Å². The predicted molar refractivity (Wildman–Crippen MR) is 105 cm³/mol. The number of aromatic nitrogens is 2. The van der Waals surface area contributed by atoms with Crippen molar-refractivity contribution < 1.29 is 4.74 Å². The fourth-order valence-corrected chi connectivity index (χ4v) is 2.77. The quantitative estimate of drug-likeness (QED) is 0.427. The Labute approximate surface area is 156 Å². The summed E-state index contributed by atoms with van der Waals surface area (Å²) in [7, 11) is 9.91. The monoisotopic (exact) mass is 436 g/mol. The van der Waals surface area contributed by atoms with E-state index in [1.54, 1.807) is 0 Å². The summed E-state index contributed by atoms with van der Waals surface area (Å²) in [5.41, 5.74) is 1.13. The van der Waals surface area contributed by atoms with Gasteiger partial charge in [0, 0.05) is 54.3 Å². The van der Waals surface area contributed by atoms with Crippen molar-refractivity contribution >= 4 is 35.9 Å². The molecule has 1 N–H and O–H groups in total. The van der Waals surface area contributed by atoms with Crippen LogP contribution in [-0.4, -0.2) is 68.4 Å². The van der Waals surface area contributed by atoms with E-state index >= 15 is 0 Å². The molecule has 23 heavy (non-hydrogen) atoms. The highest BCUT2D eigenvalue weighted by Gasteiger charge is 2.19. The lowest BCUT2D eigenvalue weighted by atomic mass is 10.1. The molecule has 7 nitrogen and oxygen atoms in total. The smallest absolute Gasteiger partial charge is 0.204 e. The van der Waals surface area contributed by atoms with Crippen LogP contribution in [0.1, 0.15) is 12.1 Å². The number of nitrogens with zero attached hydrogens (tertiary/aromatic N) is 5. The normalized spacial score (nSPS) is 17.8. The molecular weight excluding hydrogens is 407 g/mol. The zero-order chi connectivity index (χ0) is 16.1. The van der Waals surface area contributed by atoms with E-state index in [1.807, 2.05) is 39.3 Å². The van der Waals surface area contributed by atoms with Gasteiger partial charge in [0.2, 0.25) is 5.95 Å². The average molecular weight is 436 g/mol. The summed E-state index contributed by atoms with van der Waals surface area (Å²) < 4.78 is 7.53. The van der Waals surface area contributed by atoms with Crippen molar-refractivity contribution in [2.45, 2.75) is 13.0 Å². The third-order valence-corrected chi connectivity index (χ3v) is 4.02. The van der Waals surface area contributed by atoms with Crippen molar-refractivity contribution in [1.29, 1.82) is 0 Å². The molecule has 2 heterocycles. The van der Waals surface area contributed by atoms with Gasteiger partial charge in [0.15, 0.2) is 5.96 Å². The maximum Gasteiger partial charge on any atom is 0.204 e. The number of rotatable bonds is 5. The van der Waals surface area contributed by atoms with E-state index in [9.17, 15) is 0 Å². The topological polar surface area (TPSA) is 57.9 Å². The van der Waals surface area contributed by atoms with E-state index in [0.717, 1.165) is 43.8 Å². The molecule has 1 unspecified atom stereocenters. The Morgan fingerprint density at radius 2 is 2.22 bits per heavy atom. The Morgan fingerprint density at radius 1 is 1.48 bits per heavy atom. The lowest BCUT2D eigenvalue weighted by Gasteiger charge is -2.24. The number of imidazole rings is 1. The summed E-state index contributed by atoms with van der Waals surface area (Å²) in [4.78, 5) is 13.0. The van der Waals surface area contributed by atoms with Crippen molar-refractivity contribution in [2.24, 2.45) is 18.0 Å². The molecule has 132 valence electrons. The molecule has 0 amide bonds. The van der Waals surface area contributed by atoms with E-state index in [1.165, 1.54) is 0 Å². The standard InChI is InChI=1S/C15H28N6O.HI/c1-16-14(20(4)10-12-6-7-22-11-12)17-8-13-9-18-15(19(2)3)21(13)5;/h9,12H,6-8,10-11H2,1-5H3,(H,16,17);1H. The van der Waals surface area contributed by atoms with Crippen LogP contribution >= 0.6 is 24.0 Å². The van der Waals surface area contributed by atoms with Gasteiger partial charge in [-0.2, -0.15) is 0 Å². The SMILES string of the molecule is CN=C(NCc1cnc(N(C)C)n1C)N(C)CC1CCOC1.I.